The summed E-state index contributed by atoms with van der Waals surface area (Å²) in [6.07, 6.45) is 3.49. The summed E-state index contributed by atoms with van der Waals surface area (Å²) in [5.74, 6) is 0. The molecule has 0 amide bonds. The first-order chi connectivity index (χ1) is 9.04. The summed E-state index contributed by atoms with van der Waals surface area (Å²) in [4.78, 5) is 8.60. The molecule has 19 heavy (non-hydrogen) atoms. The molecule has 2 aromatic rings. The third kappa shape index (κ3) is 2.79. The quantitative estimate of drug-likeness (QED) is 0.760. The molecule has 0 saturated carbocycles. The maximum absolute atomic E-state index is 6.24. The standard InChI is InChI=1S/C16H19ClN2/c1-5-6-13-15(18-9-19-16(13)17)14-11(3)7-10(2)8-12(14)4/h7-9H,5-6H2,1-4H3. The maximum atomic E-state index is 6.24. The Balaban J connectivity index is 2.69. The normalized spacial score (nSPS) is 10.8. The summed E-state index contributed by atoms with van der Waals surface area (Å²) >= 11 is 6.24. The summed E-state index contributed by atoms with van der Waals surface area (Å²) in [7, 11) is 0. The Morgan fingerprint density at radius 1 is 1.05 bits per heavy atom. The molecule has 0 saturated heterocycles. The van der Waals surface area contributed by atoms with Crippen LogP contribution in [0, 0.1) is 20.8 Å². The largest absolute Gasteiger partial charge is 0.236 e. The number of halogens is 1. The summed E-state index contributed by atoms with van der Waals surface area (Å²) in [6.45, 7) is 8.51. The van der Waals surface area contributed by atoms with E-state index in [1.807, 2.05) is 0 Å². The van der Waals surface area contributed by atoms with E-state index in [0.717, 1.165) is 24.1 Å². The Kier molecular flexibility index (Phi) is 4.20. The maximum Gasteiger partial charge on any atom is 0.136 e. The summed E-state index contributed by atoms with van der Waals surface area (Å²) in [6, 6.07) is 4.38. The zero-order chi connectivity index (χ0) is 14.0. The van der Waals surface area contributed by atoms with E-state index >= 15 is 0 Å². The minimum atomic E-state index is 0.575. The highest BCUT2D eigenvalue weighted by molar-refractivity contribution is 6.30. The van der Waals surface area contributed by atoms with Crippen molar-refractivity contribution in [2.45, 2.75) is 40.5 Å². The van der Waals surface area contributed by atoms with Gasteiger partial charge in [-0.25, -0.2) is 9.97 Å². The fourth-order valence-corrected chi connectivity index (χ4v) is 2.86. The SMILES string of the molecule is CCCc1c(Cl)ncnc1-c1c(C)cc(C)cc1C. The van der Waals surface area contributed by atoms with Crippen LogP contribution < -0.4 is 0 Å². The number of rotatable bonds is 3. The van der Waals surface area contributed by atoms with Gasteiger partial charge in [0.15, 0.2) is 0 Å². The van der Waals surface area contributed by atoms with Crippen molar-refractivity contribution in [1.82, 2.24) is 9.97 Å². The molecule has 0 aliphatic carbocycles. The first-order valence-electron chi connectivity index (χ1n) is 6.62. The number of benzene rings is 1. The number of aromatic nitrogens is 2. The molecule has 3 heteroatoms. The van der Waals surface area contributed by atoms with Gasteiger partial charge in [0, 0.05) is 11.1 Å². The lowest BCUT2D eigenvalue weighted by atomic mass is 9.94. The number of hydrogen-bond donors (Lipinski definition) is 0. The highest BCUT2D eigenvalue weighted by atomic mass is 35.5. The highest BCUT2D eigenvalue weighted by Gasteiger charge is 2.15. The number of hydrogen-bond acceptors (Lipinski definition) is 2. The second-order valence-corrected chi connectivity index (χ2v) is 5.37. The molecular weight excluding hydrogens is 256 g/mol. The predicted molar refractivity (Wildman–Crippen MR) is 80.7 cm³/mol. The van der Waals surface area contributed by atoms with Crippen molar-refractivity contribution in [3.8, 4) is 11.3 Å². The molecule has 0 fully saturated rings. The van der Waals surface area contributed by atoms with Gasteiger partial charge in [0.1, 0.15) is 11.5 Å². The Bertz CT molecular complexity index is 583. The van der Waals surface area contributed by atoms with E-state index in [4.69, 9.17) is 11.6 Å². The van der Waals surface area contributed by atoms with Gasteiger partial charge in [-0.05, 0) is 38.3 Å². The molecule has 0 bridgehead atoms. The molecule has 0 aliphatic heterocycles. The second kappa shape index (κ2) is 5.70. The van der Waals surface area contributed by atoms with Gasteiger partial charge in [-0.15, -0.1) is 0 Å². The average Bonchev–Trinajstić information content (AvgIpc) is 2.32. The van der Waals surface area contributed by atoms with E-state index in [2.05, 4.69) is 49.8 Å². The zero-order valence-electron chi connectivity index (χ0n) is 11.9. The van der Waals surface area contributed by atoms with E-state index in [-0.39, 0.29) is 0 Å². The first kappa shape index (κ1) is 14.0. The summed E-state index contributed by atoms with van der Waals surface area (Å²) in [5.41, 5.74) is 6.99. The van der Waals surface area contributed by atoms with E-state index in [0.29, 0.717) is 5.15 Å². The van der Waals surface area contributed by atoms with E-state index in [9.17, 15) is 0 Å². The molecule has 0 unspecified atom stereocenters. The number of nitrogens with zero attached hydrogens (tertiary/aromatic N) is 2. The van der Waals surface area contributed by atoms with Crippen LogP contribution in [-0.2, 0) is 6.42 Å². The van der Waals surface area contributed by atoms with Crippen LogP contribution in [0.15, 0.2) is 18.5 Å². The molecule has 0 atom stereocenters. The van der Waals surface area contributed by atoms with Gasteiger partial charge in [0.2, 0.25) is 0 Å². The van der Waals surface area contributed by atoms with Gasteiger partial charge in [0.25, 0.3) is 0 Å². The highest BCUT2D eigenvalue weighted by Crippen LogP contribution is 2.32. The first-order valence-corrected chi connectivity index (χ1v) is 7.00. The van der Waals surface area contributed by atoms with Gasteiger partial charge in [0.05, 0.1) is 5.69 Å². The fraction of sp³-hybridized carbons (Fsp3) is 0.375. The Labute approximate surface area is 119 Å². The lowest BCUT2D eigenvalue weighted by Crippen LogP contribution is -2.00. The predicted octanol–water partition coefficient (Wildman–Crippen LogP) is 4.67. The Morgan fingerprint density at radius 3 is 2.26 bits per heavy atom. The van der Waals surface area contributed by atoms with Gasteiger partial charge >= 0.3 is 0 Å². The van der Waals surface area contributed by atoms with Crippen LogP contribution in [0.2, 0.25) is 5.15 Å². The fourth-order valence-electron chi connectivity index (χ4n) is 2.63. The van der Waals surface area contributed by atoms with E-state index in [1.165, 1.54) is 22.3 Å². The van der Waals surface area contributed by atoms with Crippen LogP contribution in [0.5, 0.6) is 0 Å². The minimum absolute atomic E-state index is 0.575. The van der Waals surface area contributed by atoms with Crippen molar-refractivity contribution in [3.05, 3.63) is 45.9 Å². The topological polar surface area (TPSA) is 25.8 Å². The van der Waals surface area contributed by atoms with Gasteiger partial charge in [-0.2, -0.15) is 0 Å². The molecule has 1 aromatic carbocycles. The average molecular weight is 275 g/mol. The zero-order valence-corrected chi connectivity index (χ0v) is 12.7. The van der Waals surface area contributed by atoms with Gasteiger partial charge < -0.3 is 0 Å². The molecule has 0 radical (unpaired) electrons. The molecule has 0 N–H and O–H groups in total. The molecule has 0 aliphatic rings. The van der Waals surface area contributed by atoms with Crippen molar-refractivity contribution >= 4 is 11.6 Å². The monoisotopic (exact) mass is 274 g/mol. The van der Waals surface area contributed by atoms with Crippen molar-refractivity contribution in [2.75, 3.05) is 0 Å². The van der Waals surface area contributed by atoms with Crippen LogP contribution in [-0.4, -0.2) is 9.97 Å². The molecule has 1 aromatic heterocycles. The van der Waals surface area contributed by atoms with Crippen LogP contribution in [0.1, 0.15) is 35.6 Å². The summed E-state index contributed by atoms with van der Waals surface area (Å²) in [5, 5.41) is 0.575. The molecule has 2 rings (SSSR count). The molecule has 100 valence electrons. The summed E-state index contributed by atoms with van der Waals surface area (Å²) < 4.78 is 0. The lowest BCUT2D eigenvalue weighted by Gasteiger charge is -2.14. The van der Waals surface area contributed by atoms with E-state index < -0.39 is 0 Å². The van der Waals surface area contributed by atoms with E-state index in [1.54, 1.807) is 6.33 Å². The molecule has 2 nitrogen and oxygen atoms in total. The van der Waals surface area contributed by atoms with Crippen molar-refractivity contribution in [3.63, 3.8) is 0 Å². The molecular formula is C16H19ClN2. The van der Waals surface area contributed by atoms with Crippen molar-refractivity contribution < 1.29 is 0 Å². The van der Waals surface area contributed by atoms with Crippen LogP contribution in [0.25, 0.3) is 11.3 Å². The van der Waals surface area contributed by atoms with Gasteiger partial charge in [-0.3, -0.25) is 0 Å². The Morgan fingerprint density at radius 2 is 1.68 bits per heavy atom. The third-order valence-corrected chi connectivity index (χ3v) is 3.63. The smallest absolute Gasteiger partial charge is 0.136 e. The Hall–Kier alpha value is -1.41. The van der Waals surface area contributed by atoms with Crippen LogP contribution in [0.3, 0.4) is 0 Å². The van der Waals surface area contributed by atoms with Gasteiger partial charge in [-0.1, -0.05) is 42.6 Å². The number of aryl methyl sites for hydroxylation is 3. The minimum Gasteiger partial charge on any atom is -0.236 e. The van der Waals surface area contributed by atoms with Crippen LogP contribution >= 0.6 is 11.6 Å². The third-order valence-electron chi connectivity index (χ3n) is 3.31. The molecule has 0 spiro atoms. The van der Waals surface area contributed by atoms with Crippen molar-refractivity contribution in [2.24, 2.45) is 0 Å². The van der Waals surface area contributed by atoms with Crippen LogP contribution in [0.4, 0.5) is 0 Å². The second-order valence-electron chi connectivity index (χ2n) is 5.02. The molecule has 1 heterocycles. The van der Waals surface area contributed by atoms with Crippen molar-refractivity contribution in [1.29, 1.82) is 0 Å². The lowest BCUT2D eigenvalue weighted by molar-refractivity contribution is 0.903.